The Kier molecular flexibility index (Phi) is 7.06. The van der Waals surface area contributed by atoms with Crippen LogP contribution < -0.4 is 20.5 Å². The SMILES string of the molecule is CCc1nc(CCNC(N)=NCc2ccc(OC)c(OC)c2)sc1C. The molecule has 0 spiro atoms. The van der Waals surface area contributed by atoms with E-state index >= 15 is 0 Å². The molecule has 0 aliphatic rings. The Hall–Kier alpha value is -2.28. The first-order chi connectivity index (χ1) is 12.1. The standard InChI is InChI=1S/C18H26N4O2S/c1-5-14-12(2)25-17(22-14)8-9-20-18(19)21-11-13-6-7-15(23-3)16(10-13)24-4/h6-7,10H,5,8-9,11H2,1-4H3,(H3,19,20,21). The average molecular weight is 362 g/mol. The van der Waals surface area contributed by atoms with Crippen LogP contribution in [0.1, 0.15) is 28.1 Å². The minimum atomic E-state index is 0.429. The van der Waals surface area contributed by atoms with Crippen molar-refractivity contribution in [3.05, 3.63) is 39.3 Å². The largest absolute Gasteiger partial charge is 0.493 e. The third-order valence-corrected chi connectivity index (χ3v) is 4.87. The number of aryl methyl sites for hydroxylation is 2. The number of nitrogens with two attached hydrogens (primary N) is 1. The van der Waals surface area contributed by atoms with Crippen LogP contribution in [0.15, 0.2) is 23.2 Å². The van der Waals surface area contributed by atoms with Crippen LogP contribution in [0, 0.1) is 6.92 Å². The predicted molar refractivity (Wildman–Crippen MR) is 103 cm³/mol. The van der Waals surface area contributed by atoms with Crippen LogP contribution in [0.5, 0.6) is 11.5 Å². The molecule has 3 N–H and O–H groups in total. The second kappa shape index (κ2) is 9.27. The molecule has 0 saturated carbocycles. The quantitative estimate of drug-likeness (QED) is 0.557. The topological polar surface area (TPSA) is 81.8 Å². The molecule has 7 heteroatoms. The summed E-state index contributed by atoms with van der Waals surface area (Å²) in [6.45, 7) is 5.45. The Labute approximate surface area is 153 Å². The third-order valence-electron chi connectivity index (χ3n) is 3.80. The Morgan fingerprint density at radius 2 is 2.04 bits per heavy atom. The van der Waals surface area contributed by atoms with Gasteiger partial charge in [-0.3, -0.25) is 0 Å². The van der Waals surface area contributed by atoms with Gasteiger partial charge in [0, 0.05) is 17.8 Å². The van der Waals surface area contributed by atoms with Crippen LogP contribution in [0.3, 0.4) is 0 Å². The summed E-state index contributed by atoms with van der Waals surface area (Å²) in [5.41, 5.74) is 8.13. The first-order valence-electron chi connectivity index (χ1n) is 8.27. The molecular formula is C18H26N4O2S. The molecule has 0 fully saturated rings. The highest BCUT2D eigenvalue weighted by Crippen LogP contribution is 2.27. The lowest BCUT2D eigenvalue weighted by Crippen LogP contribution is -2.33. The number of benzene rings is 1. The van der Waals surface area contributed by atoms with E-state index in [-0.39, 0.29) is 0 Å². The average Bonchev–Trinajstić information content (AvgIpc) is 2.99. The van der Waals surface area contributed by atoms with Gasteiger partial charge in [0.2, 0.25) is 0 Å². The van der Waals surface area contributed by atoms with E-state index in [0.717, 1.165) is 30.0 Å². The van der Waals surface area contributed by atoms with Crippen molar-refractivity contribution in [1.82, 2.24) is 10.3 Å². The highest BCUT2D eigenvalue weighted by molar-refractivity contribution is 7.11. The number of guanidine groups is 1. The molecule has 0 amide bonds. The van der Waals surface area contributed by atoms with Crippen LogP contribution in [0.2, 0.25) is 0 Å². The fourth-order valence-corrected chi connectivity index (χ4v) is 3.45. The lowest BCUT2D eigenvalue weighted by molar-refractivity contribution is 0.354. The molecule has 25 heavy (non-hydrogen) atoms. The van der Waals surface area contributed by atoms with Gasteiger partial charge in [-0.2, -0.15) is 0 Å². The molecular weight excluding hydrogens is 336 g/mol. The van der Waals surface area contributed by atoms with Gasteiger partial charge in [0.05, 0.1) is 31.5 Å². The monoisotopic (exact) mass is 362 g/mol. The van der Waals surface area contributed by atoms with Gasteiger partial charge < -0.3 is 20.5 Å². The van der Waals surface area contributed by atoms with Crippen molar-refractivity contribution in [3.8, 4) is 11.5 Å². The van der Waals surface area contributed by atoms with Crippen LogP contribution in [-0.4, -0.2) is 31.7 Å². The van der Waals surface area contributed by atoms with Gasteiger partial charge in [-0.05, 0) is 31.0 Å². The molecule has 1 heterocycles. The summed E-state index contributed by atoms with van der Waals surface area (Å²) in [6.07, 6.45) is 1.82. The minimum Gasteiger partial charge on any atom is -0.493 e. The predicted octanol–water partition coefficient (Wildman–Crippen LogP) is 2.68. The fraction of sp³-hybridized carbons (Fsp3) is 0.444. The minimum absolute atomic E-state index is 0.429. The number of thiazole rings is 1. The van der Waals surface area contributed by atoms with Crippen molar-refractivity contribution < 1.29 is 9.47 Å². The number of methoxy groups -OCH3 is 2. The molecule has 0 saturated heterocycles. The summed E-state index contributed by atoms with van der Waals surface area (Å²) >= 11 is 1.75. The van der Waals surface area contributed by atoms with E-state index in [1.165, 1.54) is 10.6 Å². The maximum Gasteiger partial charge on any atom is 0.188 e. The van der Waals surface area contributed by atoms with E-state index in [2.05, 4.69) is 29.1 Å². The van der Waals surface area contributed by atoms with Gasteiger partial charge >= 0.3 is 0 Å². The summed E-state index contributed by atoms with van der Waals surface area (Å²) in [5, 5.41) is 4.27. The van der Waals surface area contributed by atoms with Crippen molar-refractivity contribution >= 4 is 17.3 Å². The molecule has 6 nitrogen and oxygen atoms in total. The molecule has 1 aromatic heterocycles. The van der Waals surface area contributed by atoms with E-state index in [9.17, 15) is 0 Å². The smallest absolute Gasteiger partial charge is 0.188 e. The van der Waals surface area contributed by atoms with Crippen LogP contribution >= 0.6 is 11.3 Å². The number of rotatable bonds is 8. The number of aliphatic imine (C=N–C) groups is 1. The van der Waals surface area contributed by atoms with Crippen LogP contribution in [-0.2, 0) is 19.4 Å². The summed E-state index contributed by atoms with van der Waals surface area (Å²) in [5.74, 6) is 1.82. The first kappa shape index (κ1) is 19.1. The summed E-state index contributed by atoms with van der Waals surface area (Å²) in [7, 11) is 3.23. The number of hydrogen-bond acceptors (Lipinski definition) is 5. The van der Waals surface area contributed by atoms with E-state index in [1.54, 1.807) is 25.6 Å². The van der Waals surface area contributed by atoms with Gasteiger partial charge in [0.15, 0.2) is 17.5 Å². The summed E-state index contributed by atoms with van der Waals surface area (Å²) in [6, 6.07) is 5.71. The molecule has 0 radical (unpaired) electrons. The molecule has 136 valence electrons. The maximum absolute atomic E-state index is 5.94. The number of aromatic nitrogens is 1. The summed E-state index contributed by atoms with van der Waals surface area (Å²) in [4.78, 5) is 10.3. The zero-order valence-corrected chi connectivity index (χ0v) is 16.1. The van der Waals surface area contributed by atoms with Crippen molar-refractivity contribution in [2.45, 2.75) is 33.2 Å². The van der Waals surface area contributed by atoms with Crippen molar-refractivity contribution in [2.75, 3.05) is 20.8 Å². The Morgan fingerprint density at radius 1 is 1.28 bits per heavy atom. The molecule has 0 bridgehead atoms. The van der Waals surface area contributed by atoms with E-state index in [0.29, 0.717) is 24.0 Å². The van der Waals surface area contributed by atoms with E-state index < -0.39 is 0 Å². The summed E-state index contributed by atoms with van der Waals surface area (Å²) < 4.78 is 10.5. The second-order valence-electron chi connectivity index (χ2n) is 5.53. The lowest BCUT2D eigenvalue weighted by Gasteiger charge is -2.09. The van der Waals surface area contributed by atoms with Crippen molar-refractivity contribution in [3.63, 3.8) is 0 Å². The number of hydrogen-bond donors (Lipinski definition) is 2. The van der Waals surface area contributed by atoms with Gasteiger partial charge in [-0.25, -0.2) is 9.98 Å². The van der Waals surface area contributed by atoms with E-state index in [4.69, 9.17) is 15.2 Å². The number of ether oxygens (including phenoxy) is 2. The second-order valence-corrected chi connectivity index (χ2v) is 6.82. The molecule has 1 aromatic carbocycles. The fourth-order valence-electron chi connectivity index (χ4n) is 2.43. The third kappa shape index (κ3) is 5.35. The maximum atomic E-state index is 5.94. The highest BCUT2D eigenvalue weighted by Gasteiger charge is 2.06. The number of nitrogens with zero attached hydrogens (tertiary/aromatic N) is 2. The van der Waals surface area contributed by atoms with Gasteiger partial charge in [-0.1, -0.05) is 13.0 Å². The van der Waals surface area contributed by atoms with Gasteiger partial charge in [0.25, 0.3) is 0 Å². The molecule has 2 aromatic rings. The first-order valence-corrected chi connectivity index (χ1v) is 9.08. The van der Waals surface area contributed by atoms with Crippen molar-refractivity contribution in [2.24, 2.45) is 10.7 Å². The molecule has 2 rings (SSSR count). The molecule has 0 atom stereocenters. The Balaban J connectivity index is 1.85. The van der Waals surface area contributed by atoms with Gasteiger partial charge in [0.1, 0.15) is 0 Å². The normalized spacial score (nSPS) is 11.4. The molecule has 0 unspecified atom stereocenters. The lowest BCUT2D eigenvalue weighted by atomic mass is 10.2. The van der Waals surface area contributed by atoms with Crippen LogP contribution in [0.25, 0.3) is 0 Å². The Bertz CT molecular complexity index is 728. The zero-order valence-electron chi connectivity index (χ0n) is 15.3. The highest BCUT2D eigenvalue weighted by atomic mass is 32.1. The molecule has 0 aliphatic heterocycles. The Morgan fingerprint density at radius 3 is 2.68 bits per heavy atom. The van der Waals surface area contributed by atoms with Crippen molar-refractivity contribution in [1.29, 1.82) is 0 Å². The van der Waals surface area contributed by atoms with Gasteiger partial charge in [-0.15, -0.1) is 11.3 Å². The molecule has 0 aliphatic carbocycles. The number of nitrogens with one attached hydrogen (secondary N) is 1. The zero-order chi connectivity index (χ0) is 18.2. The van der Waals surface area contributed by atoms with Crippen LogP contribution in [0.4, 0.5) is 0 Å². The van der Waals surface area contributed by atoms with E-state index in [1.807, 2.05) is 18.2 Å².